The Morgan fingerprint density at radius 1 is 1.10 bits per heavy atom. The zero-order valence-electron chi connectivity index (χ0n) is 17.8. The Bertz CT molecular complexity index is 954. The molecule has 0 fully saturated rings. The van der Waals surface area contributed by atoms with Gasteiger partial charge in [0, 0.05) is 38.6 Å². The van der Waals surface area contributed by atoms with Crippen LogP contribution in [0.4, 0.5) is 5.69 Å². The second kappa shape index (κ2) is 10.2. The summed E-state index contributed by atoms with van der Waals surface area (Å²) in [6.45, 7) is 3.24. The SMILES string of the molecule is CCN(Cc1ccc(N(C)C)cc1)C(=O)CSc1nncn1-c1ccc(OC)cc1. The molecule has 0 N–H and O–H groups in total. The number of amides is 1. The van der Waals surface area contributed by atoms with E-state index >= 15 is 0 Å². The minimum Gasteiger partial charge on any atom is -0.497 e. The van der Waals surface area contributed by atoms with Crippen molar-refractivity contribution >= 4 is 23.4 Å². The molecule has 0 saturated heterocycles. The standard InChI is InChI=1S/C22H27N5O2S/c1-5-26(14-17-6-8-18(9-7-17)25(2)3)21(28)15-30-22-24-23-16-27(22)19-10-12-20(29-4)13-11-19/h6-13,16H,5,14-15H2,1-4H3. The second-order valence-corrected chi connectivity index (χ2v) is 7.88. The van der Waals surface area contributed by atoms with Gasteiger partial charge in [-0.3, -0.25) is 9.36 Å². The van der Waals surface area contributed by atoms with E-state index in [2.05, 4.69) is 39.4 Å². The van der Waals surface area contributed by atoms with Gasteiger partial charge >= 0.3 is 0 Å². The van der Waals surface area contributed by atoms with Gasteiger partial charge in [0.25, 0.3) is 0 Å². The van der Waals surface area contributed by atoms with Gasteiger partial charge in [-0.2, -0.15) is 0 Å². The first-order valence-corrected chi connectivity index (χ1v) is 10.7. The van der Waals surface area contributed by atoms with E-state index in [9.17, 15) is 4.79 Å². The fourth-order valence-electron chi connectivity index (χ4n) is 2.96. The summed E-state index contributed by atoms with van der Waals surface area (Å²) in [6, 6.07) is 15.9. The lowest BCUT2D eigenvalue weighted by Crippen LogP contribution is -2.31. The fraction of sp³-hybridized carbons (Fsp3) is 0.318. The highest BCUT2D eigenvalue weighted by molar-refractivity contribution is 7.99. The molecule has 1 amide bonds. The minimum absolute atomic E-state index is 0.0727. The van der Waals surface area contributed by atoms with Crippen molar-refractivity contribution in [2.24, 2.45) is 0 Å². The number of carbonyl (C=O) groups excluding carboxylic acids is 1. The van der Waals surface area contributed by atoms with Gasteiger partial charge in [-0.15, -0.1) is 10.2 Å². The van der Waals surface area contributed by atoms with Crippen LogP contribution < -0.4 is 9.64 Å². The number of rotatable bonds is 9. The first-order chi connectivity index (χ1) is 14.5. The predicted octanol–water partition coefficient (Wildman–Crippen LogP) is 3.48. The summed E-state index contributed by atoms with van der Waals surface area (Å²) in [5.41, 5.74) is 3.17. The van der Waals surface area contributed by atoms with Crippen molar-refractivity contribution in [2.45, 2.75) is 18.6 Å². The molecule has 0 saturated carbocycles. The Morgan fingerprint density at radius 3 is 2.40 bits per heavy atom. The van der Waals surface area contributed by atoms with Gasteiger partial charge in [0.15, 0.2) is 5.16 Å². The molecule has 1 heterocycles. The van der Waals surface area contributed by atoms with Crippen LogP contribution in [0.3, 0.4) is 0 Å². The van der Waals surface area contributed by atoms with Crippen LogP contribution in [-0.4, -0.2) is 59.1 Å². The molecule has 0 atom stereocenters. The molecule has 1 aromatic heterocycles. The highest BCUT2D eigenvalue weighted by Crippen LogP contribution is 2.22. The number of ether oxygens (including phenoxy) is 1. The van der Waals surface area contributed by atoms with Crippen LogP contribution in [-0.2, 0) is 11.3 Å². The number of benzene rings is 2. The van der Waals surface area contributed by atoms with E-state index in [1.54, 1.807) is 13.4 Å². The van der Waals surface area contributed by atoms with Crippen LogP contribution >= 0.6 is 11.8 Å². The van der Waals surface area contributed by atoms with Crippen LogP contribution in [0.25, 0.3) is 5.69 Å². The van der Waals surface area contributed by atoms with E-state index in [0.29, 0.717) is 24.0 Å². The molecule has 0 aliphatic carbocycles. The lowest BCUT2D eigenvalue weighted by atomic mass is 10.2. The van der Waals surface area contributed by atoms with Crippen molar-refractivity contribution in [3.8, 4) is 11.4 Å². The summed E-state index contributed by atoms with van der Waals surface area (Å²) < 4.78 is 7.07. The van der Waals surface area contributed by atoms with Gasteiger partial charge in [-0.05, 0) is 48.9 Å². The second-order valence-electron chi connectivity index (χ2n) is 6.94. The van der Waals surface area contributed by atoms with Gasteiger partial charge in [0.2, 0.25) is 5.91 Å². The van der Waals surface area contributed by atoms with E-state index in [1.807, 2.05) is 54.8 Å². The zero-order chi connectivity index (χ0) is 21.5. The van der Waals surface area contributed by atoms with Crippen LogP contribution in [0.2, 0.25) is 0 Å². The van der Waals surface area contributed by atoms with Gasteiger partial charge in [0.1, 0.15) is 12.1 Å². The van der Waals surface area contributed by atoms with Crippen molar-refractivity contribution in [2.75, 3.05) is 38.4 Å². The third-order valence-corrected chi connectivity index (χ3v) is 5.68. The fourth-order valence-corrected chi connectivity index (χ4v) is 3.79. The molecule has 8 heteroatoms. The van der Waals surface area contributed by atoms with Crippen LogP contribution in [0.15, 0.2) is 60.0 Å². The van der Waals surface area contributed by atoms with E-state index < -0.39 is 0 Å². The minimum atomic E-state index is 0.0727. The largest absolute Gasteiger partial charge is 0.497 e. The molecular formula is C22H27N5O2S. The summed E-state index contributed by atoms with van der Waals surface area (Å²) in [6.07, 6.45) is 1.65. The van der Waals surface area contributed by atoms with Crippen molar-refractivity contribution < 1.29 is 9.53 Å². The van der Waals surface area contributed by atoms with Crippen molar-refractivity contribution in [1.29, 1.82) is 0 Å². The van der Waals surface area contributed by atoms with Crippen molar-refractivity contribution in [3.05, 3.63) is 60.4 Å². The van der Waals surface area contributed by atoms with Crippen LogP contribution in [0.5, 0.6) is 5.75 Å². The molecule has 0 unspecified atom stereocenters. The Morgan fingerprint density at radius 2 is 1.80 bits per heavy atom. The maximum Gasteiger partial charge on any atom is 0.233 e. The Balaban J connectivity index is 1.62. The molecule has 3 aromatic rings. The number of hydrogen-bond acceptors (Lipinski definition) is 6. The first kappa shape index (κ1) is 21.7. The predicted molar refractivity (Wildman–Crippen MR) is 120 cm³/mol. The molecule has 0 radical (unpaired) electrons. The maximum atomic E-state index is 12.8. The molecule has 3 rings (SSSR count). The Hall–Kier alpha value is -3.00. The zero-order valence-corrected chi connectivity index (χ0v) is 18.6. The summed E-state index contributed by atoms with van der Waals surface area (Å²) in [7, 11) is 5.66. The van der Waals surface area contributed by atoms with Crippen molar-refractivity contribution in [1.82, 2.24) is 19.7 Å². The Kier molecular flexibility index (Phi) is 7.35. The number of anilines is 1. The smallest absolute Gasteiger partial charge is 0.233 e. The number of thioether (sulfide) groups is 1. The van der Waals surface area contributed by atoms with Gasteiger partial charge in [-0.25, -0.2) is 0 Å². The molecule has 158 valence electrons. The summed E-state index contributed by atoms with van der Waals surface area (Å²) >= 11 is 1.39. The normalized spacial score (nSPS) is 10.7. The number of carbonyl (C=O) groups is 1. The summed E-state index contributed by atoms with van der Waals surface area (Å²) in [5.74, 6) is 1.16. The molecule has 2 aromatic carbocycles. The quantitative estimate of drug-likeness (QED) is 0.489. The molecule has 0 aliphatic heterocycles. The van der Waals surface area contributed by atoms with Gasteiger partial charge < -0.3 is 14.5 Å². The third-order valence-electron chi connectivity index (χ3n) is 4.75. The lowest BCUT2D eigenvalue weighted by Gasteiger charge is -2.21. The van der Waals surface area contributed by atoms with E-state index in [4.69, 9.17) is 4.74 Å². The number of nitrogens with zero attached hydrogens (tertiary/aromatic N) is 5. The molecule has 0 aliphatic rings. The van der Waals surface area contributed by atoms with Crippen molar-refractivity contribution in [3.63, 3.8) is 0 Å². The van der Waals surface area contributed by atoms with Crippen LogP contribution in [0.1, 0.15) is 12.5 Å². The molecule has 0 bridgehead atoms. The van der Waals surface area contributed by atoms with E-state index in [-0.39, 0.29) is 5.91 Å². The molecule has 0 spiro atoms. The first-order valence-electron chi connectivity index (χ1n) is 9.73. The average Bonchev–Trinajstić information content (AvgIpc) is 3.24. The number of hydrogen-bond donors (Lipinski definition) is 0. The highest BCUT2D eigenvalue weighted by Gasteiger charge is 2.15. The number of aromatic nitrogens is 3. The molecule has 7 nitrogen and oxygen atoms in total. The van der Waals surface area contributed by atoms with E-state index in [1.165, 1.54) is 11.8 Å². The summed E-state index contributed by atoms with van der Waals surface area (Å²) in [4.78, 5) is 16.7. The highest BCUT2D eigenvalue weighted by atomic mass is 32.2. The molecule has 30 heavy (non-hydrogen) atoms. The summed E-state index contributed by atoms with van der Waals surface area (Å²) in [5, 5.41) is 8.86. The monoisotopic (exact) mass is 425 g/mol. The Labute approximate surface area is 181 Å². The lowest BCUT2D eigenvalue weighted by molar-refractivity contribution is -0.128. The van der Waals surface area contributed by atoms with Gasteiger partial charge in [-0.1, -0.05) is 23.9 Å². The average molecular weight is 426 g/mol. The third kappa shape index (κ3) is 5.33. The van der Waals surface area contributed by atoms with Gasteiger partial charge in [0.05, 0.1) is 12.9 Å². The molecular weight excluding hydrogens is 398 g/mol. The number of methoxy groups -OCH3 is 1. The van der Waals surface area contributed by atoms with Crippen LogP contribution in [0, 0.1) is 0 Å². The topological polar surface area (TPSA) is 63.5 Å². The maximum absolute atomic E-state index is 12.8. The van der Waals surface area contributed by atoms with E-state index in [0.717, 1.165) is 22.7 Å².